The Balaban J connectivity index is 1.76. The van der Waals surface area contributed by atoms with Crippen molar-refractivity contribution in [1.29, 1.82) is 0 Å². The minimum absolute atomic E-state index is 0.141. The van der Waals surface area contributed by atoms with Crippen LogP contribution < -0.4 is 4.74 Å². The normalized spacial score (nSPS) is 20.1. The standard InChI is InChI=1S/C19H20N2O4/c1-13-9-14(19(23)24)12-21(11-13)18(22)17-10-16(7-8-20-17)25-15-5-3-2-4-6-15/h2-8,10,13-14H,9,11-12H2,1H3,(H,23,24). The van der Waals surface area contributed by atoms with Crippen molar-refractivity contribution in [3.63, 3.8) is 0 Å². The van der Waals surface area contributed by atoms with E-state index in [-0.39, 0.29) is 24.1 Å². The third-order valence-electron chi connectivity index (χ3n) is 4.23. The number of pyridine rings is 1. The van der Waals surface area contributed by atoms with Gasteiger partial charge in [0.2, 0.25) is 0 Å². The van der Waals surface area contributed by atoms with Crippen molar-refractivity contribution < 1.29 is 19.4 Å². The molecule has 0 saturated carbocycles. The Kier molecular flexibility index (Phi) is 4.97. The average Bonchev–Trinajstić information content (AvgIpc) is 2.61. The van der Waals surface area contributed by atoms with E-state index in [0.29, 0.717) is 24.5 Å². The number of para-hydroxylation sites is 1. The monoisotopic (exact) mass is 340 g/mol. The third-order valence-corrected chi connectivity index (χ3v) is 4.23. The molecule has 1 fully saturated rings. The first-order valence-electron chi connectivity index (χ1n) is 8.24. The number of carbonyl (C=O) groups excluding carboxylic acids is 1. The SMILES string of the molecule is CC1CC(C(=O)O)CN(C(=O)c2cc(Oc3ccccc3)ccn2)C1. The number of nitrogens with zero attached hydrogens (tertiary/aromatic N) is 2. The highest BCUT2D eigenvalue weighted by molar-refractivity contribution is 5.93. The topological polar surface area (TPSA) is 79.7 Å². The van der Waals surface area contributed by atoms with E-state index in [0.717, 1.165) is 0 Å². The maximum atomic E-state index is 12.7. The molecule has 2 aromatic rings. The number of benzene rings is 1. The molecule has 2 unspecified atom stereocenters. The second kappa shape index (κ2) is 7.34. The number of piperidine rings is 1. The Labute approximate surface area is 146 Å². The lowest BCUT2D eigenvalue weighted by Crippen LogP contribution is -2.45. The number of carbonyl (C=O) groups is 2. The first kappa shape index (κ1) is 17.0. The molecule has 0 spiro atoms. The Hall–Kier alpha value is -2.89. The summed E-state index contributed by atoms with van der Waals surface area (Å²) in [5.74, 6) is -0.331. The van der Waals surface area contributed by atoms with Crippen LogP contribution in [0.1, 0.15) is 23.8 Å². The minimum atomic E-state index is -0.863. The van der Waals surface area contributed by atoms with Gasteiger partial charge in [0.25, 0.3) is 5.91 Å². The van der Waals surface area contributed by atoms with Gasteiger partial charge in [-0.1, -0.05) is 25.1 Å². The number of amides is 1. The molecule has 1 aliphatic heterocycles. The van der Waals surface area contributed by atoms with Crippen LogP contribution in [-0.4, -0.2) is 40.0 Å². The van der Waals surface area contributed by atoms with Crippen molar-refractivity contribution in [2.45, 2.75) is 13.3 Å². The summed E-state index contributed by atoms with van der Waals surface area (Å²) in [6.45, 7) is 2.70. The highest BCUT2D eigenvalue weighted by Gasteiger charge is 2.32. The number of hydrogen-bond donors (Lipinski definition) is 1. The second-order valence-electron chi connectivity index (χ2n) is 6.38. The highest BCUT2D eigenvalue weighted by atomic mass is 16.5. The molecule has 2 heterocycles. The van der Waals surface area contributed by atoms with Crippen molar-refractivity contribution in [2.75, 3.05) is 13.1 Å². The van der Waals surface area contributed by atoms with E-state index < -0.39 is 11.9 Å². The fraction of sp³-hybridized carbons (Fsp3) is 0.316. The molecule has 6 nitrogen and oxygen atoms in total. The zero-order chi connectivity index (χ0) is 17.8. The fourth-order valence-corrected chi connectivity index (χ4v) is 3.07. The van der Waals surface area contributed by atoms with E-state index >= 15 is 0 Å². The van der Waals surface area contributed by atoms with E-state index in [1.54, 1.807) is 17.0 Å². The molecule has 3 rings (SSSR count). The highest BCUT2D eigenvalue weighted by Crippen LogP contribution is 2.25. The van der Waals surface area contributed by atoms with Crippen molar-refractivity contribution in [3.05, 3.63) is 54.4 Å². The number of rotatable bonds is 4. The number of carboxylic acid groups (broad SMARTS) is 1. The number of likely N-dealkylation sites (tertiary alicyclic amines) is 1. The first-order chi connectivity index (χ1) is 12.0. The quantitative estimate of drug-likeness (QED) is 0.925. The summed E-state index contributed by atoms with van der Waals surface area (Å²) in [6, 6.07) is 12.5. The fourth-order valence-electron chi connectivity index (χ4n) is 3.07. The van der Waals surface area contributed by atoms with Gasteiger partial charge in [0, 0.05) is 25.4 Å². The molecule has 1 aromatic heterocycles. The molecule has 1 N–H and O–H groups in total. The van der Waals surface area contributed by atoms with Gasteiger partial charge in [0.05, 0.1) is 5.92 Å². The zero-order valence-electron chi connectivity index (χ0n) is 14.0. The van der Waals surface area contributed by atoms with Crippen LogP contribution in [0.15, 0.2) is 48.7 Å². The maximum Gasteiger partial charge on any atom is 0.308 e. The summed E-state index contributed by atoms with van der Waals surface area (Å²) in [4.78, 5) is 29.7. The number of hydrogen-bond acceptors (Lipinski definition) is 4. The summed E-state index contributed by atoms with van der Waals surface area (Å²) in [6.07, 6.45) is 2.11. The van der Waals surface area contributed by atoms with E-state index in [4.69, 9.17) is 4.74 Å². The lowest BCUT2D eigenvalue weighted by molar-refractivity contribution is -0.143. The summed E-state index contributed by atoms with van der Waals surface area (Å²) in [7, 11) is 0. The number of aliphatic carboxylic acids is 1. The average molecular weight is 340 g/mol. The van der Waals surface area contributed by atoms with Gasteiger partial charge >= 0.3 is 5.97 Å². The van der Waals surface area contributed by atoms with Gasteiger partial charge in [-0.2, -0.15) is 0 Å². The minimum Gasteiger partial charge on any atom is -0.481 e. The predicted octanol–water partition coefficient (Wildman–Crippen LogP) is 3.06. The van der Waals surface area contributed by atoms with Crippen molar-refractivity contribution in [1.82, 2.24) is 9.88 Å². The van der Waals surface area contributed by atoms with E-state index in [1.165, 1.54) is 6.20 Å². The van der Waals surface area contributed by atoms with Gasteiger partial charge < -0.3 is 14.7 Å². The van der Waals surface area contributed by atoms with Gasteiger partial charge in [-0.25, -0.2) is 0 Å². The Morgan fingerprint density at radius 3 is 2.64 bits per heavy atom. The molecule has 1 amide bonds. The second-order valence-corrected chi connectivity index (χ2v) is 6.38. The maximum absolute atomic E-state index is 12.7. The molecule has 6 heteroatoms. The molecular weight excluding hydrogens is 320 g/mol. The van der Waals surface area contributed by atoms with Gasteiger partial charge in [-0.15, -0.1) is 0 Å². The summed E-state index contributed by atoms with van der Waals surface area (Å²) < 4.78 is 5.73. The van der Waals surface area contributed by atoms with Crippen molar-refractivity contribution in [2.24, 2.45) is 11.8 Å². The molecule has 0 aliphatic carbocycles. The van der Waals surface area contributed by atoms with Crippen LogP contribution in [0.3, 0.4) is 0 Å². The molecule has 1 saturated heterocycles. The Morgan fingerprint density at radius 1 is 1.16 bits per heavy atom. The number of ether oxygens (including phenoxy) is 1. The number of carboxylic acids is 1. The van der Waals surface area contributed by atoms with Crippen LogP contribution in [0.25, 0.3) is 0 Å². The number of aromatic nitrogens is 1. The van der Waals surface area contributed by atoms with Crippen LogP contribution in [0, 0.1) is 11.8 Å². The molecule has 25 heavy (non-hydrogen) atoms. The van der Waals surface area contributed by atoms with Crippen molar-refractivity contribution >= 4 is 11.9 Å². The third kappa shape index (κ3) is 4.15. The van der Waals surface area contributed by atoms with Crippen molar-refractivity contribution in [3.8, 4) is 11.5 Å². The van der Waals surface area contributed by atoms with Gasteiger partial charge in [0.1, 0.15) is 17.2 Å². The molecular formula is C19H20N2O4. The van der Waals surface area contributed by atoms with Gasteiger partial charge in [0.15, 0.2) is 0 Å². The summed E-state index contributed by atoms with van der Waals surface area (Å²) in [5, 5.41) is 9.26. The van der Waals surface area contributed by atoms with E-state index in [1.807, 2.05) is 37.3 Å². The summed E-state index contributed by atoms with van der Waals surface area (Å²) in [5.41, 5.74) is 0.256. The smallest absolute Gasteiger partial charge is 0.308 e. The van der Waals surface area contributed by atoms with Crippen LogP contribution in [0.2, 0.25) is 0 Å². The molecule has 130 valence electrons. The first-order valence-corrected chi connectivity index (χ1v) is 8.24. The Morgan fingerprint density at radius 2 is 1.92 bits per heavy atom. The molecule has 2 atom stereocenters. The molecule has 0 bridgehead atoms. The Bertz CT molecular complexity index is 763. The zero-order valence-corrected chi connectivity index (χ0v) is 14.0. The summed E-state index contributed by atoms with van der Waals surface area (Å²) >= 11 is 0. The van der Waals surface area contributed by atoms with Gasteiger partial charge in [-0.05, 0) is 30.5 Å². The van der Waals surface area contributed by atoms with Crippen LogP contribution >= 0.6 is 0 Å². The van der Waals surface area contributed by atoms with Crippen LogP contribution in [-0.2, 0) is 4.79 Å². The molecule has 1 aromatic carbocycles. The van der Waals surface area contributed by atoms with E-state index in [9.17, 15) is 14.7 Å². The molecule has 0 radical (unpaired) electrons. The molecule has 1 aliphatic rings. The lowest BCUT2D eigenvalue weighted by atomic mass is 9.90. The van der Waals surface area contributed by atoms with Crippen LogP contribution in [0.5, 0.6) is 11.5 Å². The lowest BCUT2D eigenvalue weighted by Gasteiger charge is -2.34. The van der Waals surface area contributed by atoms with Gasteiger partial charge in [-0.3, -0.25) is 14.6 Å². The largest absolute Gasteiger partial charge is 0.481 e. The predicted molar refractivity (Wildman–Crippen MR) is 91.6 cm³/mol. The van der Waals surface area contributed by atoms with E-state index in [2.05, 4.69) is 4.98 Å². The van der Waals surface area contributed by atoms with Crippen LogP contribution in [0.4, 0.5) is 0 Å².